The van der Waals surface area contributed by atoms with E-state index in [2.05, 4.69) is 0 Å². The van der Waals surface area contributed by atoms with Crippen LogP contribution in [0.2, 0.25) is 0 Å². The molecule has 0 spiro atoms. The fraction of sp³-hybridized carbons (Fsp3) is 0.632. The Balaban J connectivity index is 1.61. The molecule has 2 saturated heterocycles. The average molecular weight is 396 g/mol. The molecule has 148 valence electrons. The van der Waals surface area contributed by atoms with Crippen LogP contribution in [0.4, 0.5) is 4.39 Å². The molecule has 1 aromatic carbocycles. The Kier molecular flexibility index (Phi) is 4.76. The maximum atomic E-state index is 14.7. The zero-order valence-electron chi connectivity index (χ0n) is 15.5. The number of hydrogen-bond acceptors (Lipinski definition) is 4. The van der Waals surface area contributed by atoms with E-state index < -0.39 is 15.7 Å². The number of morpholine rings is 1. The summed E-state index contributed by atoms with van der Waals surface area (Å²) < 4.78 is 47.4. The summed E-state index contributed by atoms with van der Waals surface area (Å²) in [7, 11) is -3.69. The van der Waals surface area contributed by atoms with Crippen molar-refractivity contribution >= 4 is 15.9 Å². The van der Waals surface area contributed by atoms with Crippen molar-refractivity contribution < 1.29 is 22.3 Å². The second-order valence-electron chi connectivity index (χ2n) is 7.94. The number of carbonyl (C=O) groups excluding carboxylic acids is 1. The molecule has 2 bridgehead atoms. The third-order valence-corrected chi connectivity index (χ3v) is 7.96. The molecule has 2 unspecified atom stereocenters. The molecule has 0 N–H and O–H groups in total. The van der Waals surface area contributed by atoms with E-state index >= 15 is 0 Å². The van der Waals surface area contributed by atoms with Crippen molar-refractivity contribution in [2.45, 2.75) is 36.8 Å². The van der Waals surface area contributed by atoms with Crippen molar-refractivity contribution in [1.29, 1.82) is 0 Å². The molecule has 2 aliphatic heterocycles. The summed E-state index contributed by atoms with van der Waals surface area (Å²) in [5.74, 6) is -0.0863. The lowest BCUT2D eigenvalue weighted by molar-refractivity contribution is 0.0396. The summed E-state index contributed by atoms with van der Waals surface area (Å²) in [6.45, 7) is 3.70. The first kappa shape index (κ1) is 18.8. The molecule has 0 aromatic heterocycles. The number of amides is 1. The number of ether oxygens (including phenoxy) is 1. The Hall–Kier alpha value is -1.51. The van der Waals surface area contributed by atoms with E-state index in [0.29, 0.717) is 56.8 Å². The summed E-state index contributed by atoms with van der Waals surface area (Å²) in [6, 6.07) is 4.74. The van der Waals surface area contributed by atoms with Crippen molar-refractivity contribution in [1.82, 2.24) is 9.21 Å². The smallest absolute Gasteiger partial charge is 0.254 e. The van der Waals surface area contributed by atoms with Gasteiger partial charge in [0.15, 0.2) is 0 Å². The van der Waals surface area contributed by atoms with E-state index in [0.717, 1.165) is 6.42 Å². The highest BCUT2D eigenvalue weighted by atomic mass is 32.2. The Morgan fingerprint density at radius 1 is 1.30 bits per heavy atom. The molecular weight excluding hydrogens is 371 g/mol. The average Bonchev–Trinajstić information content (AvgIpc) is 2.94. The van der Waals surface area contributed by atoms with Crippen LogP contribution >= 0.6 is 0 Å². The fourth-order valence-electron chi connectivity index (χ4n) is 4.48. The number of alkyl halides is 1. The minimum absolute atomic E-state index is 0.0990. The molecule has 1 aliphatic carbocycles. The first-order valence-electron chi connectivity index (χ1n) is 9.45. The third-order valence-electron chi connectivity index (χ3n) is 5.92. The maximum Gasteiger partial charge on any atom is 0.254 e. The molecule has 0 radical (unpaired) electrons. The number of nitrogens with zero attached hydrogens (tertiary/aromatic N) is 2. The first-order chi connectivity index (χ1) is 12.8. The van der Waals surface area contributed by atoms with Crippen LogP contribution in [0.5, 0.6) is 0 Å². The Morgan fingerprint density at radius 3 is 2.74 bits per heavy atom. The Bertz CT molecular complexity index is 853. The molecule has 6 nitrogen and oxygen atoms in total. The van der Waals surface area contributed by atoms with Gasteiger partial charge in [0.05, 0.1) is 24.7 Å². The summed E-state index contributed by atoms with van der Waals surface area (Å²) in [6.07, 6.45) is 1.85. The van der Waals surface area contributed by atoms with Crippen molar-refractivity contribution in [3.8, 4) is 0 Å². The fourth-order valence-corrected chi connectivity index (χ4v) is 6.14. The van der Waals surface area contributed by atoms with Gasteiger partial charge in [0.1, 0.15) is 5.67 Å². The predicted octanol–water partition coefficient (Wildman–Crippen LogP) is 1.98. The molecule has 2 atom stereocenters. The van der Waals surface area contributed by atoms with Crippen molar-refractivity contribution in [3.05, 3.63) is 29.3 Å². The van der Waals surface area contributed by atoms with Gasteiger partial charge in [-0.05, 0) is 49.8 Å². The normalized spacial score (nSPS) is 29.1. The van der Waals surface area contributed by atoms with Crippen LogP contribution in [0.25, 0.3) is 0 Å². The number of aryl methyl sites for hydroxylation is 1. The van der Waals surface area contributed by atoms with Gasteiger partial charge in [-0.15, -0.1) is 0 Å². The molecule has 1 saturated carbocycles. The lowest BCUT2D eigenvalue weighted by Crippen LogP contribution is -2.47. The van der Waals surface area contributed by atoms with Crippen LogP contribution in [0, 0.1) is 12.8 Å². The minimum Gasteiger partial charge on any atom is -0.379 e. The van der Waals surface area contributed by atoms with Gasteiger partial charge in [-0.3, -0.25) is 4.79 Å². The molecule has 3 fully saturated rings. The van der Waals surface area contributed by atoms with Crippen molar-refractivity contribution in [3.63, 3.8) is 0 Å². The summed E-state index contributed by atoms with van der Waals surface area (Å²) in [4.78, 5) is 14.7. The van der Waals surface area contributed by atoms with E-state index in [1.807, 2.05) is 0 Å². The number of fused-ring (bicyclic) bond motifs is 2. The third kappa shape index (κ3) is 3.50. The van der Waals surface area contributed by atoms with Gasteiger partial charge in [-0.1, -0.05) is 6.07 Å². The Morgan fingerprint density at radius 2 is 2.04 bits per heavy atom. The second-order valence-corrected chi connectivity index (χ2v) is 9.85. The van der Waals surface area contributed by atoms with Gasteiger partial charge in [0.2, 0.25) is 10.0 Å². The molecule has 1 aromatic rings. The van der Waals surface area contributed by atoms with Gasteiger partial charge in [-0.2, -0.15) is 4.31 Å². The molecule has 1 amide bonds. The molecular formula is C19H25FN2O4S. The van der Waals surface area contributed by atoms with Crippen molar-refractivity contribution in [2.75, 3.05) is 39.4 Å². The highest BCUT2D eigenvalue weighted by molar-refractivity contribution is 7.89. The van der Waals surface area contributed by atoms with Crippen molar-refractivity contribution in [2.24, 2.45) is 5.92 Å². The number of halogens is 1. The van der Waals surface area contributed by atoms with Gasteiger partial charge in [0.25, 0.3) is 5.91 Å². The van der Waals surface area contributed by atoms with Gasteiger partial charge >= 0.3 is 0 Å². The zero-order chi connectivity index (χ0) is 19.2. The highest BCUT2D eigenvalue weighted by Crippen LogP contribution is 2.42. The van der Waals surface area contributed by atoms with Crippen LogP contribution in [-0.4, -0.2) is 68.6 Å². The summed E-state index contributed by atoms with van der Waals surface area (Å²) >= 11 is 0. The lowest BCUT2D eigenvalue weighted by Gasteiger charge is -2.35. The molecule has 3 aliphatic rings. The number of carbonyl (C=O) groups is 1. The van der Waals surface area contributed by atoms with E-state index in [-0.39, 0.29) is 23.3 Å². The molecule has 8 heteroatoms. The van der Waals surface area contributed by atoms with Gasteiger partial charge < -0.3 is 9.64 Å². The Labute approximate surface area is 159 Å². The number of hydrogen-bond donors (Lipinski definition) is 0. The van der Waals surface area contributed by atoms with Gasteiger partial charge in [-0.25, -0.2) is 12.8 Å². The number of sulfonamides is 1. The quantitative estimate of drug-likeness (QED) is 0.784. The second kappa shape index (κ2) is 6.83. The standard InChI is InChI=1S/C19H25FN2O4S/c1-14-2-3-16(10-17(14)27(24,25)22-6-8-26-9-7-22)18(23)21-12-15-4-5-19(20,11-15)13-21/h2-3,10,15H,4-9,11-13H2,1H3. The van der Waals surface area contributed by atoms with Crippen LogP contribution in [0.3, 0.4) is 0 Å². The van der Waals surface area contributed by atoms with Crippen LogP contribution in [0.15, 0.2) is 23.1 Å². The number of likely N-dealkylation sites (tertiary alicyclic amines) is 1. The van der Waals surface area contributed by atoms with E-state index in [4.69, 9.17) is 4.74 Å². The monoisotopic (exact) mass is 396 g/mol. The molecule has 4 rings (SSSR count). The minimum atomic E-state index is -3.69. The number of rotatable bonds is 3. The summed E-state index contributed by atoms with van der Waals surface area (Å²) in [5, 5.41) is 0. The summed E-state index contributed by atoms with van der Waals surface area (Å²) in [5.41, 5.74) is -0.387. The first-order valence-corrected chi connectivity index (χ1v) is 10.9. The van der Waals surface area contributed by atoms with Crippen LogP contribution < -0.4 is 0 Å². The molecule has 2 heterocycles. The highest BCUT2D eigenvalue weighted by Gasteiger charge is 2.46. The number of piperidine rings is 1. The lowest BCUT2D eigenvalue weighted by atomic mass is 9.95. The SMILES string of the molecule is Cc1ccc(C(=O)N2CC3CCC(F)(C3)C2)cc1S(=O)(=O)N1CCOCC1. The zero-order valence-corrected chi connectivity index (χ0v) is 16.3. The van der Waals surface area contributed by atoms with E-state index in [1.165, 1.54) is 10.4 Å². The van der Waals surface area contributed by atoms with Gasteiger partial charge in [0, 0.05) is 25.2 Å². The largest absolute Gasteiger partial charge is 0.379 e. The topological polar surface area (TPSA) is 66.9 Å². The predicted molar refractivity (Wildman–Crippen MR) is 97.8 cm³/mol. The number of benzene rings is 1. The van der Waals surface area contributed by atoms with E-state index in [9.17, 15) is 17.6 Å². The van der Waals surface area contributed by atoms with Crippen LogP contribution in [0.1, 0.15) is 35.2 Å². The maximum absolute atomic E-state index is 14.7. The van der Waals surface area contributed by atoms with E-state index in [1.54, 1.807) is 24.0 Å². The molecule has 27 heavy (non-hydrogen) atoms. The van der Waals surface area contributed by atoms with Crippen LogP contribution in [-0.2, 0) is 14.8 Å².